The number of nitrogens with zero attached hydrogens (tertiary/aromatic N) is 2. The third kappa shape index (κ3) is 4.58. The Morgan fingerprint density at radius 3 is 2.48 bits per heavy atom. The maximum Gasteiger partial charge on any atom is 0.416 e. The molecule has 1 amide bonds. The first-order chi connectivity index (χ1) is 13.6. The van der Waals surface area contributed by atoms with Gasteiger partial charge in [0.1, 0.15) is 5.84 Å². The quantitative estimate of drug-likeness (QED) is 0.800. The first kappa shape index (κ1) is 20.8. The summed E-state index contributed by atoms with van der Waals surface area (Å²) < 4.78 is 65.6. The monoisotopic (exact) mass is 425 g/mol. The number of amides is 1. The first-order valence-electron chi connectivity index (χ1n) is 8.65. The number of aliphatic imine (C=N–C) groups is 1. The summed E-state index contributed by atoms with van der Waals surface area (Å²) in [5.74, 6) is -0.251. The van der Waals surface area contributed by atoms with E-state index in [1.807, 2.05) is 0 Å². The Labute approximate surface area is 166 Å². The van der Waals surface area contributed by atoms with E-state index in [4.69, 9.17) is 0 Å². The molecular formula is C19H18F3N3O3S. The predicted molar refractivity (Wildman–Crippen MR) is 101 cm³/mol. The van der Waals surface area contributed by atoms with E-state index in [1.54, 1.807) is 18.2 Å². The molecule has 0 atom stereocenters. The molecule has 0 bridgehead atoms. The number of fused-ring (bicyclic) bond motifs is 1. The van der Waals surface area contributed by atoms with Gasteiger partial charge in [-0.2, -0.15) is 13.2 Å². The molecule has 29 heavy (non-hydrogen) atoms. The van der Waals surface area contributed by atoms with Crippen LogP contribution in [0.25, 0.3) is 0 Å². The van der Waals surface area contributed by atoms with Crippen molar-refractivity contribution in [1.29, 1.82) is 0 Å². The molecule has 0 saturated carbocycles. The first-order valence-corrected chi connectivity index (χ1v) is 10.1. The molecule has 6 nitrogen and oxygen atoms in total. The average molecular weight is 425 g/mol. The summed E-state index contributed by atoms with van der Waals surface area (Å²) in [6.07, 6.45) is -4.57. The van der Waals surface area contributed by atoms with E-state index in [0.29, 0.717) is 5.56 Å². The summed E-state index contributed by atoms with van der Waals surface area (Å²) in [5.41, 5.74) is -0.357. The third-order valence-corrected chi connectivity index (χ3v) is 5.81. The van der Waals surface area contributed by atoms with Crippen molar-refractivity contribution in [1.82, 2.24) is 9.62 Å². The zero-order chi connectivity index (χ0) is 21.2. The minimum absolute atomic E-state index is 0.000330. The Kier molecular flexibility index (Phi) is 5.65. The summed E-state index contributed by atoms with van der Waals surface area (Å²) >= 11 is 0. The van der Waals surface area contributed by atoms with Crippen LogP contribution in [0.2, 0.25) is 0 Å². The molecular weight excluding hydrogens is 407 g/mol. The van der Waals surface area contributed by atoms with E-state index in [2.05, 4.69) is 9.71 Å². The highest BCUT2D eigenvalue weighted by atomic mass is 32.2. The van der Waals surface area contributed by atoms with Gasteiger partial charge in [0.05, 0.1) is 17.0 Å². The van der Waals surface area contributed by atoms with Gasteiger partial charge in [0.15, 0.2) is 0 Å². The average Bonchev–Trinajstić information content (AvgIpc) is 2.92. The Morgan fingerprint density at radius 2 is 1.76 bits per heavy atom. The number of sulfonamides is 1. The summed E-state index contributed by atoms with van der Waals surface area (Å²) in [6.45, 7) is -0.198. The number of halogens is 3. The zero-order valence-corrected chi connectivity index (χ0v) is 16.2. The smallest absolute Gasteiger partial charge is 0.341 e. The largest absolute Gasteiger partial charge is 0.416 e. The number of hydrogen-bond acceptors (Lipinski definition) is 4. The molecule has 2 aromatic rings. The van der Waals surface area contributed by atoms with Gasteiger partial charge in [0, 0.05) is 25.6 Å². The van der Waals surface area contributed by atoms with Crippen LogP contribution in [0.15, 0.2) is 58.4 Å². The normalized spacial score (nSPS) is 16.3. The molecule has 2 aromatic carbocycles. The summed E-state index contributed by atoms with van der Waals surface area (Å²) in [7, 11) is -2.25. The molecule has 0 saturated heterocycles. The number of benzene rings is 2. The maximum absolute atomic E-state index is 13.1. The van der Waals surface area contributed by atoms with E-state index < -0.39 is 27.7 Å². The molecule has 3 rings (SSSR count). The highest BCUT2D eigenvalue weighted by Gasteiger charge is 2.33. The van der Waals surface area contributed by atoms with Crippen molar-refractivity contribution in [2.75, 3.05) is 13.6 Å². The number of carbonyl (C=O) groups is 1. The van der Waals surface area contributed by atoms with Crippen molar-refractivity contribution in [3.63, 3.8) is 0 Å². The van der Waals surface area contributed by atoms with Gasteiger partial charge >= 0.3 is 6.18 Å². The van der Waals surface area contributed by atoms with Gasteiger partial charge < -0.3 is 4.90 Å². The number of amidine groups is 1. The van der Waals surface area contributed by atoms with Crippen LogP contribution in [0.4, 0.5) is 13.2 Å². The molecule has 1 heterocycles. The minimum atomic E-state index is -4.50. The molecule has 1 aliphatic rings. The molecule has 0 aliphatic carbocycles. The van der Waals surface area contributed by atoms with Crippen LogP contribution in [0.1, 0.15) is 23.1 Å². The minimum Gasteiger partial charge on any atom is -0.341 e. The van der Waals surface area contributed by atoms with Crippen LogP contribution in [0.5, 0.6) is 0 Å². The summed E-state index contributed by atoms with van der Waals surface area (Å²) in [5, 5.41) is 0. The fraction of sp³-hybridized carbons (Fsp3) is 0.263. The van der Waals surface area contributed by atoms with Gasteiger partial charge in [0.2, 0.25) is 5.91 Å². The van der Waals surface area contributed by atoms with Crippen LogP contribution in [0.3, 0.4) is 0 Å². The standard InChI is InChI=1S/C19H18F3N3O3S/c1-25(12-13-6-2-4-8-15(13)19(20,21)22)17(26)10-11-23-18-14-7-3-5-9-16(14)29(27,28)24-18/h2-9H,10-12H2,1H3,(H,23,24). The van der Waals surface area contributed by atoms with Gasteiger partial charge in [-0.1, -0.05) is 30.3 Å². The molecule has 0 radical (unpaired) electrons. The van der Waals surface area contributed by atoms with Crippen LogP contribution in [-0.4, -0.2) is 38.7 Å². The van der Waals surface area contributed by atoms with Gasteiger partial charge in [-0.05, 0) is 23.8 Å². The molecule has 1 aliphatic heterocycles. The summed E-state index contributed by atoms with van der Waals surface area (Å²) in [6, 6.07) is 11.4. The lowest BCUT2D eigenvalue weighted by Gasteiger charge is -2.20. The predicted octanol–water partition coefficient (Wildman–Crippen LogP) is 2.79. The van der Waals surface area contributed by atoms with E-state index in [9.17, 15) is 26.4 Å². The molecule has 0 aromatic heterocycles. The summed E-state index contributed by atoms with van der Waals surface area (Å²) in [4.78, 5) is 17.7. The Bertz CT molecular complexity index is 1070. The molecule has 0 unspecified atom stereocenters. The zero-order valence-electron chi connectivity index (χ0n) is 15.4. The second-order valence-corrected chi connectivity index (χ2v) is 8.14. The van der Waals surface area contributed by atoms with Crippen molar-refractivity contribution in [3.8, 4) is 0 Å². The van der Waals surface area contributed by atoms with Gasteiger partial charge in [-0.3, -0.25) is 14.5 Å². The fourth-order valence-electron chi connectivity index (χ4n) is 2.98. The highest BCUT2D eigenvalue weighted by molar-refractivity contribution is 7.90. The number of hydrogen-bond donors (Lipinski definition) is 1. The molecule has 154 valence electrons. The second kappa shape index (κ2) is 7.86. The van der Waals surface area contributed by atoms with Crippen LogP contribution < -0.4 is 4.72 Å². The molecule has 0 spiro atoms. The van der Waals surface area contributed by atoms with Crippen molar-refractivity contribution < 1.29 is 26.4 Å². The van der Waals surface area contributed by atoms with E-state index >= 15 is 0 Å². The maximum atomic E-state index is 13.1. The van der Waals surface area contributed by atoms with Gasteiger partial charge in [0.25, 0.3) is 10.0 Å². The van der Waals surface area contributed by atoms with E-state index in [1.165, 1.54) is 36.2 Å². The van der Waals surface area contributed by atoms with Crippen molar-refractivity contribution in [3.05, 3.63) is 65.2 Å². The topological polar surface area (TPSA) is 78.8 Å². The fourth-order valence-corrected chi connectivity index (χ4v) is 4.23. The SMILES string of the molecule is CN(Cc1ccccc1C(F)(F)F)C(=O)CCN=C1NS(=O)(=O)c2ccccc21. The van der Waals surface area contributed by atoms with Crippen LogP contribution >= 0.6 is 0 Å². The van der Waals surface area contributed by atoms with Crippen LogP contribution in [0, 0.1) is 0 Å². The van der Waals surface area contributed by atoms with Crippen molar-refractivity contribution >= 4 is 21.8 Å². The molecule has 1 N–H and O–H groups in total. The Balaban J connectivity index is 1.65. The lowest BCUT2D eigenvalue weighted by molar-refractivity contribution is -0.139. The molecule has 10 heteroatoms. The number of alkyl halides is 3. The van der Waals surface area contributed by atoms with E-state index in [-0.39, 0.29) is 35.8 Å². The number of rotatable bonds is 5. The Morgan fingerprint density at radius 1 is 1.10 bits per heavy atom. The second-order valence-electron chi connectivity index (χ2n) is 6.49. The van der Waals surface area contributed by atoms with Gasteiger partial charge in [-0.25, -0.2) is 8.42 Å². The molecule has 0 fully saturated rings. The van der Waals surface area contributed by atoms with E-state index in [0.717, 1.165) is 6.07 Å². The van der Waals surface area contributed by atoms with Crippen molar-refractivity contribution in [2.45, 2.75) is 24.0 Å². The van der Waals surface area contributed by atoms with Gasteiger partial charge in [-0.15, -0.1) is 0 Å². The lowest BCUT2D eigenvalue weighted by Crippen LogP contribution is -2.28. The lowest BCUT2D eigenvalue weighted by atomic mass is 10.1. The third-order valence-electron chi connectivity index (χ3n) is 4.41. The van der Waals surface area contributed by atoms with Crippen molar-refractivity contribution in [2.24, 2.45) is 4.99 Å². The van der Waals surface area contributed by atoms with Crippen LogP contribution in [-0.2, 0) is 27.5 Å². The number of nitrogens with one attached hydrogen (secondary N) is 1. The Hall–Kier alpha value is -2.88. The number of carbonyl (C=O) groups excluding carboxylic acids is 1. The highest BCUT2D eigenvalue weighted by Crippen LogP contribution is 2.32.